The number of hydrogen-bond acceptors (Lipinski definition) is 8. The standard InChI is InChI=1S/C39H42N2O6/c1-42-33-17-29(18-34(21-33)43-2)23-39(24-30-19-35(44-3)22-36(20-30)45-4,37-40-31(25-46-37)15-27-11-7-5-8-12-27)38-41-32(26-47-38)16-28-13-9-6-10-14-28/h5-14,17-22,31-32H,15-16,23-26H2,1-4H3/t31-,32-/m0/s1. The Bertz CT molecular complexity index is 1530. The predicted octanol–water partition coefficient (Wildman–Crippen LogP) is 6.57. The fraction of sp³-hybridized carbons (Fsp3) is 0.333. The van der Waals surface area contributed by atoms with Gasteiger partial charge in [-0.3, -0.25) is 0 Å². The highest BCUT2D eigenvalue weighted by atomic mass is 16.5. The van der Waals surface area contributed by atoms with Crippen molar-refractivity contribution in [1.82, 2.24) is 0 Å². The molecule has 0 N–H and O–H groups in total. The molecule has 47 heavy (non-hydrogen) atoms. The van der Waals surface area contributed by atoms with Crippen LogP contribution in [-0.4, -0.2) is 65.5 Å². The van der Waals surface area contributed by atoms with Gasteiger partial charge in [0.2, 0.25) is 0 Å². The third-order valence-electron chi connectivity index (χ3n) is 8.71. The molecule has 0 aromatic heterocycles. The van der Waals surface area contributed by atoms with E-state index in [9.17, 15) is 0 Å². The van der Waals surface area contributed by atoms with Crippen LogP contribution in [-0.2, 0) is 35.2 Å². The van der Waals surface area contributed by atoms with Gasteiger partial charge in [0.25, 0.3) is 0 Å². The summed E-state index contributed by atoms with van der Waals surface area (Å²) in [5.41, 5.74) is 3.50. The summed E-state index contributed by atoms with van der Waals surface area (Å²) in [7, 11) is 6.63. The van der Waals surface area contributed by atoms with Crippen molar-refractivity contribution in [2.45, 2.75) is 37.8 Å². The van der Waals surface area contributed by atoms with Crippen LogP contribution in [0.4, 0.5) is 0 Å². The third kappa shape index (κ3) is 7.54. The van der Waals surface area contributed by atoms with Gasteiger partial charge in [0.15, 0.2) is 11.8 Å². The van der Waals surface area contributed by atoms with E-state index in [-0.39, 0.29) is 12.1 Å². The first kappa shape index (κ1) is 32.0. The van der Waals surface area contributed by atoms with Gasteiger partial charge in [0.1, 0.15) is 41.6 Å². The molecule has 0 bridgehead atoms. The number of benzene rings is 4. The topological polar surface area (TPSA) is 80.1 Å². The smallest absolute Gasteiger partial charge is 0.200 e. The van der Waals surface area contributed by atoms with Gasteiger partial charge in [-0.1, -0.05) is 60.7 Å². The summed E-state index contributed by atoms with van der Waals surface area (Å²) in [6.07, 6.45) is 2.50. The second kappa shape index (κ2) is 14.6. The zero-order valence-electron chi connectivity index (χ0n) is 27.5. The molecule has 4 aromatic carbocycles. The third-order valence-corrected chi connectivity index (χ3v) is 8.71. The SMILES string of the molecule is COc1cc(CC(Cc2cc(OC)cc(OC)c2)(C2=N[C@@H](Cc3ccccc3)CO2)C2=N[C@@H](Cc3ccccc3)CO2)cc(OC)c1. The van der Waals surface area contributed by atoms with Gasteiger partial charge in [-0.05, 0) is 72.2 Å². The van der Waals surface area contributed by atoms with E-state index in [0.29, 0.717) is 60.8 Å². The summed E-state index contributed by atoms with van der Waals surface area (Å²) >= 11 is 0. The molecule has 0 saturated heterocycles. The molecule has 2 heterocycles. The first-order valence-corrected chi connectivity index (χ1v) is 15.9. The van der Waals surface area contributed by atoms with Gasteiger partial charge >= 0.3 is 0 Å². The number of methoxy groups -OCH3 is 4. The Labute approximate surface area is 277 Å². The van der Waals surface area contributed by atoms with E-state index >= 15 is 0 Å². The maximum Gasteiger partial charge on any atom is 0.200 e. The van der Waals surface area contributed by atoms with Crippen LogP contribution < -0.4 is 18.9 Å². The number of ether oxygens (including phenoxy) is 6. The maximum absolute atomic E-state index is 6.60. The Balaban J connectivity index is 1.48. The van der Waals surface area contributed by atoms with E-state index in [1.54, 1.807) is 28.4 Å². The van der Waals surface area contributed by atoms with E-state index in [0.717, 1.165) is 24.0 Å². The molecule has 0 unspecified atom stereocenters. The van der Waals surface area contributed by atoms with Crippen molar-refractivity contribution in [3.63, 3.8) is 0 Å². The van der Waals surface area contributed by atoms with E-state index < -0.39 is 5.41 Å². The van der Waals surface area contributed by atoms with E-state index in [4.69, 9.17) is 38.4 Å². The van der Waals surface area contributed by atoms with Crippen molar-refractivity contribution < 1.29 is 28.4 Å². The molecule has 2 aliphatic rings. The predicted molar refractivity (Wildman–Crippen MR) is 184 cm³/mol. The van der Waals surface area contributed by atoms with Crippen LogP contribution in [0.3, 0.4) is 0 Å². The minimum atomic E-state index is -0.883. The molecule has 8 nitrogen and oxygen atoms in total. The van der Waals surface area contributed by atoms with Crippen molar-refractivity contribution in [3.8, 4) is 23.0 Å². The molecule has 2 atom stereocenters. The lowest BCUT2D eigenvalue weighted by Gasteiger charge is -2.33. The molecule has 0 amide bonds. The Kier molecular flexibility index (Phi) is 9.95. The van der Waals surface area contributed by atoms with E-state index in [1.807, 2.05) is 48.5 Å². The Morgan fingerprint density at radius 1 is 0.532 bits per heavy atom. The number of hydrogen-bond donors (Lipinski definition) is 0. The van der Waals surface area contributed by atoms with Gasteiger partial charge in [-0.15, -0.1) is 0 Å². The molecule has 8 heteroatoms. The van der Waals surface area contributed by atoms with Crippen LogP contribution in [0.1, 0.15) is 22.3 Å². The van der Waals surface area contributed by atoms with Crippen LogP contribution in [0.15, 0.2) is 107 Å². The summed E-state index contributed by atoms with van der Waals surface area (Å²) in [5, 5.41) is 0. The highest BCUT2D eigenvalue weighted by molar-refractivity contribution is 6.07. The van der Waals surface area contributed by atoms with Crippen molar-refractivity contribution in [2.75, 3.05) is 41.7 Å². The van der Waals surface area contributed by atoms with Gasteiger partial charge in [-0.2, -0.15) is 0 Å². The monoisotopic (exact) mass is 634 g/mol. The van der Waals surface area contributed by atoms with Crippen LogP contribution in [0.5, 0.6) is 23.0 Å². The minimum Gasteiger partial charge on any atom is -0.497 e. The summed E-state index contributed by atoms with van der Waals surface area (Å²) in [6, 6.07) is 32.5. The van der Waals surface area contributed by atoms with Crippen LogP contribution in [0, 0.1) is 5.41 Å². The van der Waals surface area contributed by atoms with Crippen molar-refractivity contribution in [3.05, 3.63) is 119 Å². The largest absolute Gasteiger partial charge is 0.497 e. The lowest BCUT2D eigenvalue weighted by atomic mass is 9.75. The molecule has 0 aliphatic carbocycles. The van der Waals surface area contributed by atoms with Crippen molar-refractivity contribution in [1.29, 1.82) is 0 Å². The molecule has 0 spiro atoms. The fourth-order valence-corrected chi connectivity index (χ4v) is 6.43. The lowest BCUT2D eigenvalue weighted by molar-refractivity contribution is 0.248. The Hall–Kier alpha value is -4.98. The van der Waals surface area contributed by atoms with Gasteiger partial charge in [-0.25, -0.2) is 9.98 Å². The molecule has 2 aliphatic heterocycles. The Morgan fingerprint density at radius 2 is 0.894 bits per heavy atom. The van der Waals surface area contributed by atoms with E-state index in [1.165, 1.54) is 11.1 Å². The van der Waals surface area contributed by atoms with Crippen molar-refractivity contribution in [2.24, 2.45) is 15.4 Å². The molecular weight excluding hydrogens is 592 g/mol. The van der Waals surface area contributed by atoms with Crippen LogP contribution in [0.25, 0.3) is 0 Å². The first-order valence-electron chi connectivity index (χ1n) is 15.9. The van der Waals surface area contributed by atoms with Crippen molar-refractivity contribution >= 4 is 11.8 Å². The van der Waals surface area contributed by atoms with Crippen LogP contribution >= 0.6 is 0 Å². The second-order valence-corrected chi connectivity index (χ2v) is 12.1. The zero-order chi connectivity index (χ0) is 32.6. The van der Waals surface area contributed by atoms with Gasteiger partial charge in [0.05, 0.1) is 40.5 Å². The molecular formula is C39H42N2O6. The average molecular weight is 635 g/mol. The fourth-order valence-electron chi connectivity index (χ4n) is 6.43. The number of aliphatic imine (C=N–C) groups is 2. The Morgan fingerprint density at radius 3 is 1.23 bits per heavy atom. The highest BCUT2D eigenvalue weighted by Crippen LogP contribution is 2.40. The molecule has 244 valence electrons. The molecule has 0 radical (unpaired) electrons. The van der Waals surface area contributed by atoms with Gasteiger partial charge in [0, 0.05) is 12.1 Å². The number of nitrogens with zero attached hydrogens (tertiary/aromatic N) is 2. The summed E-state index contributed by atoms with van der Waals surface area (Å²) in [4.78, 5) is 10.6. The minimum absolute atomic E-state index is 0.0476. The zero-order valence-corrected chi connectivity index (χ0v) is 27.5. The lowest BCUT2D eigenvalue weighted by Crippen LogP contribution is -2.44. The summed E-state index contributed by atoms with van der Waals surface area (Å²) < 4.78 is 35.9. The quantitative estimate of drug-likeness (QED) is 0.156. The van der Waals surface area contributed by atoms with Crippen LogP contribution in [0.2, 0.25) is 0 Å². The average Bonchev–Trinajstić information content (AvgIpc) is 3.79. The molecule has 0 fully saturated rings. The molecule has 0 saturated carbocycles. The highest BCUT2D eigenvalue weighted by Gasteiger charge is 2.49. The normalized spacial score (nSPS) is 17.3. The molecule has 4 aromatic rings. The maximum atomic E-state index is 6.60. The second-order valence-electron chi connectivity index (χ2n) is 12.1. The molecule has 6 rings (SSSR count). The van der Waals surface area contributed by atoms with E-state index in [2.05, 4.69) is 48.5 Å². The summed E-state index contributed by atoms with van der Waals surface area (Å²) in [6.45, 7) is 0.936. The first-order chi connectivity index (χ1) is 23.0. The summed E-state index contributed by atoms with van der Waals surface area (Å²) in [5.74, 6) is 4.02. The van der Waals surface area contributed by atoms with Gasteiger partial charge < -0.3 is 28.4 Å². The number of rotatable bonds is 14.